The third-order valence-electron chi connectivity index (χ3n) is 3.71. The Labute approximate surface area is 108 Å². The minimum absolute atomic E-state index is 0.171. The number of nitrogens with two attached hydrogens (primary N) is 1. The lowest BCUT2D eigenvalue weighted by Gasteiger charge is -2.30. The number of nitrogens with one attached hydrogen (secondary N) is 1. The fourth-order valence-electron chi connectivity index (χ4n) is 2.10. The second-order valence-corrected chi connectivity index (χ2v) is 5.69. The minimum atomic E-state index is -0.911. The highest BCUT2D eigenvalue weighted by molar-refractivity contribution is 5.86. The average Bonchev–Trinajstić information content (AvgIpc) is 2.36. The molecule has 0 heterocycles. The van der Waals surface area contributed by atoms with Gasteiger partial charge in [-0.25, -0.2) is 0 Å². The van der Waals surface area contributed by atoms with Gasteiger partial charge in [-0.3, -0.25) is 9.59 Å². The highest BCUT2D eigenvalue weighted by Gasteiger charge is 2.40. The van der Waals surface area contributed by atoms with E-state index in [9.17, 15) is 14.9 Å². The van der Waals surface area contributed by atoms with Crippen LogP contribution in [0.25, 0.3) is 0 Å². The molecule has 1 rings (SSSR count). The van der Waals surface area contributed by atoms with Gasteiger partial charge in [0.25, 0.3) is 0 Å². The molecule has 0 atom stereocenters. The summed E-state index contributed by atoms with van der Waals surface area (Å²) in [5, 5.41) is 12.0. The van der Waals surface area contributed by atoms with Crippen molar-refractivity contribution < 1.29 is 9.59 Å². The Morgan fingerprint density at radius 3 is 2.33 bits per heavy atom. The zero-order valence-electron chi connectivity index (χ0n) is 11.1. The van der Waals surface area contributed by atoms with E-state index in [1.807, 2.05) is 0 Å². The molecule has 18 heavy (non-hydrogen) atoms. The van der Waals surface area contributed by atoms with Crippen LogP contribution >= 0.6 is 0 Å². The number of primary amides is 1. The first-order valence-electron chi connectivity index (χ1n) is 6.33. The normalized spacial score (nSPS) is 18.7. The molecule has 0 spiro atoms. The predicted octanol–water partition coefficient (Wildman–Crippen LogP) is 1.09. The van der Waals surface area contributed by atoms with Gasteiger partial charge in [-0.15, -0.1) is 0 Å². The molecular weight excluding hydrogens is 230 g/mol. The highest BCUT2D eigenvalue weighted by Crippen LogP contribution is 2.35. The van der Waals surface area contributed by atoms with Gasteiger partial charge in [0.05, 0.1) is 11.5 Å². The average molecular weight is 251 g/mol. The molecule has 0 aromatic heterocycles. The van der Waals surface area contributed by atoms with E-state index in [0.717, 1.165) is 19.3 Å². The van der Waals surface area contributed by atoms with Crippen molar-refractivity contribution in [3.63, 3.8) is 0 Å². The Kier molecular flexibility index (Phi) is 4.33. The predicted molar refractivity (Wildman–Crippen MR) is 67.1 cm³/mol. The summed E-state index contributed by atoms with van der Waals surface area (Å²) in [5.41, 5.74) is 3.54. The van der Waals surface area contributed by atoms with Crippen LogP contribution in [0.5, 0.6) is 0 Å². The molecule has 1 fully saturated rings. The number of hydrogen-bond donors (Lipinski definition) is 2. The van der Waals surface area contributed by atoms with Crippen LogP contribution in [0.1, 0.15) is 46.0 Å². The molecule has 0 radical (unpaired) electrons. The van der Waals surface area contributed by atoms with Gasteiger partial charge in [-0.1, -0.05) is 19.3 Å². The van der Waals surface area contributed by atoms with Crippen molar-refractivity contribution in [2.45, 2.75) is 46.0 Å². The molecule has 0 unspecified atom stereocenters. The molecule has 5 heteroatoms. The molecule has 1 saturated carbocycles. The third-order valence-corrected chi connectivity index (χ3v) is 3.71. The zero-order valence-corrected chi connectivity index (χ0v) is 11.1. The lowest BCUT2D eigenvalue weighted by molar-refractivity contribution is -0.131. The van der Waals surface area contributed by atoms with E-state index in [4.69, 9.17) is 5.73 Å². The van der Waals surface area contributed by atoms with Gasteiger partial charge in [0.15, 0.2) is 0 Å². The Hall–Kier alpha value is -1.57. The molecular formula is C13H21N3O2. The van der Waals surface area contributed by atoms with E-state index < -0.39 is 16.7 Å². The standard InChI is InChI=1S/C13H21N3O2/c1-12(2,10(15)17)9-16-11(18)13(8-14)6-4-3-5-7-13/h3-7,9H2,1-2H3,(H2,15,17)(H,16,18). The van der Waals surface area contributed by atoms with Crippen molar-refractivity contribution in [1.29, 1.82) is 5.26 Å². The van der Waals surface area contributed by atoms with E-state index in [2.05, 4.69) is 11.4 Å². The maximum atomic E-state index is 12.1. The number of carbonyl (C=O) groups excluding carboxylic acids is 2. The Morgan fingerprint density at radius 1 is 1.33 bits per heavy atom. The molecule has 0 aromatic carbocycles. The number of amides is 2. The van der Waals surface area contributed by atoms with Crippen LogP contribution in [-0.4, -0.2) is 18.4 Å². The summed E-state index contributed by atoms with van der Waals surface area (Å²) < 4.78 is 0. The molecule has 5 nitrogen and oxygen atoms in total. The number of carbonyl (C=O) groups is 2. The van der Waals surface area contributed by atoms with Crippen LogP contribution in [0.15, 0.2) is 0 Å². The van der Waals surface area contributed by atoms with Gasteiger partial charge in [0, 0.05) is 6.54 Å². The van der Waals surface area contributed by atoms with Crippen LogP contribution < -0.4 is 11.1 Å². The van der Waals surface area contributed by atoms with Gasteiger partial charge < -0.3 is 11.1 Å². The first-order valence-corrected chi connectivity index (χ1v) is 6.33. The van der Waals surface area contributed by atoms with Gasteiger partial charge in [-0.2, -0.15) is 5.26 Å². The van der Waals surface area contributed by atoms with Crippen molar-refractivity contribution in [1.82, 2.24) is 5.32 Å². The first kappa shape index (κ1) is 14.5. The zero-order chi connectivity index (χ0) is 13.8. The SMILES string of the molecule is CC(C)(CNC(=O)C1(C#N)CCCCC1)C(N)=O. The highest BCUT2D eigenvalue weighted by atomic mass is 16.2. The molecule has 3 N–H and O–H groups in total. The van der Waals surface area contributed by atoms with Gasteiger partial charge in [-0.05, 0) is 26.7 Å². The van der Waals surface area contributed by atoms with E-state index >= 15 is 0 Å². The molecule has 0 aromatic rings. The molecule has 0 bridgehead atoms. The van der Waals surface area contributed by atoms with Crippen LogP contribution in [0.4, 0.5) is 0 Å². The number of nitrogens with zero attached hydrogens (tertiary/aromatic N) is 1. The maximum Gasteiger partial charge on any atom is 0.240 e. The summed E-state index contributed by atoms with van der Waals surface area (Å²) in [4.78, 5) is 23.3. The van der Waals surface area contributed by atoms with Crippen molar-refractivity contribution >= 4 is 11.8 Å². The topological polar surface area (TPSA) is 96.0 Å². The number of nitriles is 1. The summed E-state index contributed by atoms with van der Waals surface area (Å²) in [5.74, 6) is -0.725. The quantitative estimate of drug-likeness (QED) is 0.782. The minimum Gasteiger partial charge on any atom is -0.369 e. The van der Waals surface area contributed by atoms with E-state index in [1.165, 1.54) is 0 Å². The van der Waals surface area contributed by atoms with Crippen LogP contribution in [-0.2, 0) is 9.59 Å². The summed E-state index contributed by atoms with van der Waals surface area (Å²) in [7, 11) is 0. The fraction of sp³-hybridized carbons (Fsp3) is 0.769. The maximum absolute atomic E-state index is 12.1. The Balaban J connectivity index is 2.65. The molecule has 1 aliphatic rings. The summed E-state index contributed by atoms with van der Waals surface area (Å²) >= 11 is 0. The number of rotatable bonds is 4. The van der Waals surface area contributed by atoms with Crippen LogP contribution in [0, 0.1) is 22.2 Å². The van der Waals surface area contributed by atoms with Gasteiger partial charge >= 0.3 is 0 Å². The fourth-order valence-corrected chi connectivity index (χ4v) is 2.10. The molecule has 0 saturated heterocycles. The lowest BCUT2D eigenvalue weighted by atomic mass is 9.74. The van der Waals surface area contributed by atoms with E-state index in [-0.39, 0.29) is 12.5 Å². The number of hydrogen-bond acceptors (Lipinski definition) is 3. The second-order valence-electron chi connectivity index (χ2n) is 5.69. The van der Waals surface area contributed by atoms with Crippen molar-refractivity contribution in [3.05, 3.63) is 0 Å². The van der Waals surface area contributed by atoms with E-state index in [0.29, 0.717) is 12.8 Å². The van der Waals surface area contributed by atoms with Crippen LogP contribution in [0.3, 0.4) is 0 Å². The monoisotopic (exact) mass is 251 g/mol. The largest absolute Gasteiger partial charge is 0.369 e. The summed E-state index contributed by atoms with van der Waals surface area (Å²) in [6.45, 7) is 3.52. The van der Waals surface area contributed by atoms with Gasteiger partial charge in [0.1, 0.15) is 5.41 Å². The van der Waals surface area contributed by atoms with Crippen molar-refractivity contribution in [2.24, 2.45) is 16.6 Å². The molecule has 2 amide bonds. The van der Waals surface area contributed by atoms with Crippen molar-refractivity contribution in [2.75, 3.05) is 6.54 Å². The third kappa shape index (κ3) is 3.00. The molecule has 1 aliphatic carbocycles. The summed E-state index contributed by atoms with van der Waals surface area (Å²) in [6.07, 6.45) is 4.09. The van der Waals surface area contributed by atoms with E-state index in [1.54, 1.807) is 13.8 Å². The Morgan fingerprint density at radius 2 is 1.89 bits per heavy atom. The molecule has 0 aliphatic heterocycles. The summed E-state index contributed by atoms with van der Waals surface area (Å²) in [6, 6.07) is 2.15. The van der Waals surface area contributed by atoms with Crippen molar-refractivity contribution in [3.8, 4) is 6.07 Å². The van der Waals surface area contributed by atoms with Crippen LogP contribution in [0.2, 0.25) is 0 Å². The smallest absolute Gasteiger partial charge is 0.240 e. The Bertz CT molecular complexity index is 376. The second kappa shape index (κ2) is 5.38. The molecule has 100 valence electrons. The lowest BCUT2D eigenvalue weighted by Crippen LogP contribution is -2.47. The first-order chi connectivity index (χ1) is 8.34. The van der Waals surface area contributed by atoms with Gasteiger partial charge in [0.2, 0.25) is 11.8 Å².